The summed E-state index contributed by atoms with van der Waals surface area (Å²) in [5, 5.41) is 10.1. The van der Waals surface area contributed by atoms with Crippen molar-refractivity contribution in [1.82, 2.24) is 0 Å². The number of hydrogen-bond donors (Lipinski definition) is 1. The minimum absolute atomic E-state index is 0.305. The molecule has 4 heteroatoms. The highest BCUT2D eigenvalue weighted by Crippen LogP contribution is 2.44. The highest BCUT2D eigenvalue weighted by molar-refractivity contribution is 5.86. The zero-order valence-corrected chi connectivity index (χ0v) is 21.0. The first-order valence-corrected chi connectivity index (χ1v) is 12.5. The molecule has 0 saturated heterocycles. The second kappa shape index (κ2) is 10.8. The van der Waals surface area contributed by atoms with Crippen LogP contribution in [0.5, 0.6) is 5.75 Å². The van der Waals surface area contributed by atoms with Crippen molar-refractivity contribution < 1.29 is 14.6 Å². The van der Waals surface area contributed by atoms with Crippen molar-refractivity contribution in [3.8, 4) is 5.75 Å². The van der Waals surface area contributed by atoms with Crippen molar-refractivity contribution in [2.75, 3.05) is 18.6 Å². The van der Waals surface area contributed by atoms with E-state index < -0.39 is 5.54 Å². The van der Waals surface area contributed by atoms with Crippen LogP contribution >= 0.6 is 0 Å². The van der Waals surface area contributed by atoms with Crippen LogP contribution in [0.2, 0.25) is 0 Å². The first-order valence-electron chi connectivity index (χ1n) is 12.5. The molecule has 1 aliphatic heterocycles. The van der Waals surface area contributed by atoms with Crippen LogP contribution in [0.15, 0.2) is 72.8 Å². The zero-order chi connectivity index (χ0) is 24.8. The average Bonchev–Trinajstić information content (AvgIpc) is 2.88. The molecule has 1 unspecified atom stereocenters. The summed E-state index contributed by atoms with van der Waals surface area (Å²) in [4.78, 5) is 14.0. The van der Waals surface area contributed by atoms with Crippen molar-refractivity contribution in [3.63, 3.8) is 0 Å². The molecule has 4 rings (SSSR count). The van der Waals surface area contributed by atoms with E-state index in [0.29, 0.717) is 5.75 Å². The number of hydrogen-bond acceptors (Lipinski definition) is 4. The topological polar surface area (TPSA) is 49.8 Å². The fourth-order valence-corrected chi connectivity index (χ4v) is 5.13. The van der Waals surface area contributed by atoms with Gasteiger partial charge in [-0.25, -0.2) is 4.79 Å². The van der Waals surface area contributed by atoms with Gasteiger partial charge in [-0.05, 0) is 84.3 Å². The summed E-state index contributed by atoms with van der Waals surface area (Å²) >= 11 is 0. The van der Waals surface area contributed by atoms with E-state index in [0.717, 1.165) is 30.5 Å². The van der Waals surface area contributed by atoms with Crippen molar-refractivity contribution in [2.24, 2.45) is 0 Å². The first kappa shape index (κ1) is 24.6. The molecule has 0 saturated carbocycles. The van der Waals surface area contributed by atoms with Crippen molar-refractivity contribution in [1.29, 1.82) is 0 Å². The molecule has 1 N–H and O–H groups in total. The molecule has 1 heterocycles. The lowest BCUT2D eigenvalue weighted by Crippen LogP contribution is -2.49. The van der Waals surface area contributed by atoms with Gasteiger partial charge in [0.15, 0.2) is 0 Å². The summed E-state index contributed by atoms with van der Waals surface area (Å²) in [6.07, 6.45) is 8.91. The number of carbonyl (C=O) groups excluding carboxylic acids is 1. The number of rotatable bonds is 8. The number of aromatic hydroxyl groups is 1. The second-order valence-corrected chi connectivity index (χ2v) is 9.42. The van der Waals surface area contributed by atoms with Crippen LogP contribution in [0.25, 0.3) is 6.08 Å². The molecule has 1 aliphatic rings. The van der Waals surface area contributed by atoms with E-state index in [9.17, 15) is 9.90 Å². The van der Waals surface area contributed by atoms with Crippen LogP contribution in [0.1, 0.15) is 60.9 Å². The maximum absolute atomic E-state index is 11.5. The van der Waals surface area contributed by atoms with E-state index in [1.807, 2.05) is 18.2 Å². The quantitative estimate of drug-likeness (QED) is 0.228. The van der Waals surface area contributed by atoms with E-state index in [-0.39, 0.29) is 5.97 Å². The first-order chi connectivity index (χ1) is 17.0. The van der Waals surface area contributed by atoms with Crippen LogP contribution in [0.4, 0.5) is 5.69 Å². The van der Waals surface area contributed by atoms with Crippen molar-refractivity contribution in [2.45, 2.75) is 51.5 Å². The van der Waals surface area contributed by atoms with Crippen LogP contribution in [-0.2, 0) is 27.9 Å². The van der Waals surface area contributed by atoms with E-state index in [1.54, 1.807) is 12.1 Å². The van der Waals surface area contributed by atoms with Gasteiger partial charge in [0.2, 0.25) is 0 Å². The van der Waals surface area contributed by atoms with Crippen LogP contribution in [-0.4, -0.2) is 24.7 Å². The molecule has 35 heavy (non-hydrogen) atoms. The molecular formula is C31H35NO3. The molecule has 3 aromatic rings. The smallest absolute Gasteiger partial charge is 0.330 e. The lowest BCUT2D eigenvalue weighted by molar-refractivity contribution is -0.134. The SMILES string of the molecule is CCCCCc1ccc(N2CCc3cc(O)ccc3C2(C)c2ccc(/C=C/C(=O)OC)cc2)cc1. The lowest BCUT2D eigenvalue weighted by Gasteiger charge is -2.48. The summed E-state index contributed by atoms with van der Waals surface area (Å²) in [5.74, 6) is -0.0642. The fourth-order valence-electron chi connectivity index (χ4n) is 5.13. The third-order valence-electron chi connectivity index (χ3n) is 7.16. The molecule has 182 valence electrons. The number of phenolic OH excluding ortho intramolecular Hbond substituents is 1. The predicted octanol–water partition coefficient (Wildman–Crippen LogP) is 6.64. The molecule has 0 spiro atoms. The Bertz CT molecular complexity index is 1180. The van der Waals surface area contributed by atoms with Crippen molar-refractivity contribution >= 4 is 17.7 Å². The molecule has 0 bridgehead atoms. The van der Waals surface area contributed by atoms with E-state index >= 15 is 0 Å². The molecule has 0 fully saturated rings. The van der Waals surface area contributed by atoms with E-state index in [1.165, 1.54) is 54.8 Å². The Hall–Kier alpha value is -3.53. The van der Waals surface area contributed by atoms with Crippen molar-refractivity contribution in [3.05, 3.63) is 101 Å². The number of anilines is 1. The number of phenols is 1. The largest absolute Gasteiger partial charge is 0.508 e. The molecule has 0 amide bonds. The molecule has 0 aromatic heterocycles. The van der Waals surface area contributed by atoms with Crippen LogP contribution in [0, 0.1) is 0 Å². The standard InChI is InChI=1S/C31H35NO3/c1-4-5-6-7-23-10-15-27(16-11-23)32-21-20-25-22-28(33)17-18-29(25)31(32,2)26-13-8-24(9-14-26)12-19-30(34)35-3/h8-19,22,33H,4-7,20-21H2,1-3H3/b19-12+. The van der Waals surface area contributed by atoms with Gasteiger partial charge in [-0.15, -0.1) is 0 Å². The second-order valence-electron chi connectivity index (χ2n) is 9.42. The third-order valence-corrected chi connectivity index (χ3v) is 7.16. The van der Waals surface area contributed by atoms with Gasteiger partial charge >= 0.3 is 5.97 Å². The number of ether oxygens (including phenoxy) is 1. The van der Waals surface area contributed by atoms with Gasteiger partial charge in [-0.1, -0.05) is 62.2 Å². The minimum atomic E-state index is -0.407. The van der Waals surface area contributed by atoms with E-state index in [2.05, 4.69) is 61.2 Å². The predicted molar refractivity (Wildman–Crippen MR) is 143 cm³/mol. The zero-order valence-electron chi connectivity index (χ0n) is 21.0. The monoisotopic (exact) mass is 469 g/mol. The highest BCUT2D eigenvalue weighted by Gasteiger charge is 2.40. The van der Waals surface area contributed by atoms with Gasteiger partial charge < -0.3 is 14.7 Å². The Kier molecular flexibility index (Phi) is 7.60. The number of aryl methyl sites for hydroxylation is 1. The van der Waals surface area contributed by atoms with Gasteiger partial charge in [-0.3, -0.25) is 0 Å². The summed E-state index contributed by atoms with van der Waals surface area (Å²) in [7, 11) is 1.38. The number of nitrogens with zero attached hydrogens (tertiary/aromatic N) is 1. The normalized spacial score (nSPS) is 17.4. The van der Waals surface area contributed by atoms with Gasteiger partial charge in [0.25, 0.3) is 0 Å². The Morgan fingerprint density at radius 1 is 1.06 bits per heavy atom. The fraction of sp³-hybridized carbons (Fsp3) is 0.323. The summed E-state index contributed by atoms with van der Waals surface area (Å²) in [5.41, 5.74) is 6.64. The van der Waals surface area contributed by atoms with Gasteiger partial charge in [0.05, 0.1) is 12.6 Å². The summed E-state index contributed by atoms with van der Waals surface area (Å²) in [6, 6.07) is 23.1. The third kappa shape index (κ3) is 5.27. The molecule has 3 aromatic carbocycles. The van der Waals surface area contributed by atoms with Gasteiger partial charge in [0.1, 0.15) is 5.75 Å². The van der Waals surface area contributed by atoms with Crippen LogP contribution < -0.4 is 4.90 Å². The highest BCUT2D eigenvalue weighted by atomic mass is 16.5. The number of methoxy groups -OCH3 is 1. The molecular weight excluding hydrogens is 434 g/mol. The number of carbonyl (C=O) groups is 1. The molecule has 0 aliphatic carbocycles. The number of fused-ring (bicyclic) bond motifs is 1. The Morgan fingerprint density at radius 3 is 2.49 bits per heavy atom. The van der Waals surface area contributed by atoms with Crippen LogP contribution in [0.3, 0.4) is 0 Å². The molecule has 4 nitrogen and oxygen atoms in total. The summed E-state index contributed by atoms with van der Waals surface area (Å²) in [6.45, 7) is 5.35. The number of benzene rings is 3. The van der Waals surface area contributed by atoms with Gasteiger partial charge in [-0.2, -0.15) is 0 Å². The molecule has 0 radical (unpaired) electrons. The Labute approximate surface area is 208 Å². The maximum Gasteiger partial charge on any atom is 0.330 e. The summed E-state index contributed by atoms with van der Waals surface area (Å²) < 4.78 is 4.70. The molecule has 1 atom stereocenters. The lowest BCUT2D eigenvalue weighted by atomic mass is 9.76. The minimum Gasteiger partial charge on any atom is -0.508 e. The average molecular weight is 470 g/mol. The number of unbranched alkanes of at least 4 members (excludes halogenated alkanes) is 2. The van der Waals surface area contributed by atoms with E-state index in [4.69, 9.17) is 4.74 Å². The Morgan fingerprint density at radius 2 is 1.80 bits per heavy atom. The number of esters is 1. The maximum atomic E-state index is 11.5. The van der Waals surface area contributed by atoms with Gasteiger partial charge in [0, 0.05) is 18.3 Å². The Balaban J connectivity index is 1.71.